The Kier molecular flexibility index (Phi) is 4.91. The second-order valence-electron chi connectivity index (χ2n) is 6.32. The first-order valence-electron chi connectivity index (χ1n) is 8.84. The zero-order valence-electron chi connectivity index (χ0n) is 14.7. The van der Waals surface area contributed by atoms with Gasteiger partial charge in [-0.3, -0.25) is 0 Å². The van der Waals surface area contributed by atoms with Crippen LogP contribution in [0.25, 0.3) is 11.5 Å². The molecule has 0 radical (unpaired) electrons. The van der Waals surface area contributed by atoms with Crippen LogP contribution in [0.4, 0.5) is 5.95 Å². The van der Waals surface area contributed by atoms with Gasteiger partial charge in [-0.05, 0) is 35.8 Å². The normalized spacial score (nSPS) is 16.2. The van der Waals surface area contributed by atoms with Gasteiger partial charge in [-0.25, -0.2) is 8.42 Å². The molecule has 1 aliphatic rings. The fourth-order valence-corrected chi connectivity index (χ4v) is 4.61. The van der Waals surface area contributed by atoms with Crippen LogP contribution >= 0.6 is 0 Å². The molecule has 2 aromatic carbocycles. The number of rotatable bonds is 4. The van der Waals surface area contributed by atoms with Gasteiger partial charge < -0.3 is 9.42 Å². The fraction of sp³-hybridized carbons (Fsp3) is 0.263. The Bertz CT molecular complexity index is 990. The maximum Gasteiger partial charge on any atom is 0.266 e. The third-order valence-electron chi connectivity index (χ3n) is 4.55. The molecule has 1 aromatic heterocycles. The number of hydrogen-bond donors (Lipinski definition) is 0. The molecule has 1 fully saturated rings. The molecule has 0 aliphatic carbocycles. The van der Waals surface area contributed by atoms with E-state index in [1.165, 1.54) is 4.31 Å². The summed E-state index contributed by atoms with van der Waals surface area (Å²) in [5, 5.41) is 4.08. The number of benzene rings is 2. The Morgan fingerprint density at radius 2 is 1.56 bits per heavy atom. The van der Waals surface area contributed by atoms with Crippen molar-refractivity contribution in [3.8, 4) is 11.5 Å². The summed E-state index contributed by atoms with van der Waals surface area (Å²) in [7, 11) is -3.49. The zero-order valence-corrected chi connectivity index (χ0v) is 15.5. The molecule has 4 rings (SSSR count). The second-order valence-corrected chi connectivity index (χ2v) is 8.26. The number of sulfonamides is 1. The van der Waals surface area contributed by atoms with E-state index in [2.05, 4.69) is 10.1 Å². The van der Waals surface area contributed by atoms with Crippen LogP contribution in [0, 0.1) is 0 Å². The monoisotopic (exact) mass is 384 g/mol. The van der Waals surface area contributed by atoms with Gasteiger partial charge in [0.25, 0.3) is 11.8 Å². The average molecular weight is 384 g/mol. The maximum atomic E-state index is 12.8. The summed E-state index contributed by atoms with van der Waals surface area (Å²) in [5.41, 5.74) is 0.861. The summed E-state index contributed by atoms with van der Waals surface area (Å²) in [6, 6.07) is 18.1. The van der Waals surface area contributed by atoms with Crippen LogP contribution in [0.3, 0.4) is 0 Å². The minimum Gasteiger partial charge on any atom is -0.337 e. The van der Waals surface area contributed by atoms with E-state index in [0.717, 1.165) is 5.56 Å². The highest BCUT2D eigenvalue weighted by molar-refractivity contribution is 7.89. The Labute approximate surface area is 158 Å². The topological polar surface area (TPSA) is 79.5 Å². The molecule has 0 N–H and O–H groups in total. The Hall–Kier alpha value is -2.71. The van der Waals surface area contributed by atoms with E-state index < -0.39 is 10.0 Å². The highest BCUT2D eigenvalue weighted by Crippen LogP contribution is 2.22. The molecule has 2 heterocycles. The fourth-order valence-electron chi connectivity index (χ4n) is 3.12. The maximum absolute atomic E-state index is 12.8. The predicted octanol–water partition coefficient (Wildman–Crippen LogP) is 2.64. The van der Waals surface area contributed by atoms with E-state index >= 15 is 0 Å². The Balaban J connectivity index is 1.49. The first-order chi connectivity index (χ1) is 13.1. The van der Waals surface area contributed by atoms with Crippen molar-refractivity contribution in [1.29, 1.82) is 0 Å². The van der Waals surface area contributed by atoms with Gasteiger partial charge in [-0.2, -0.15) is 9.29 Å². The largest absolute Gasteiger partial charge is 0.337 e. The molecule has 27 heavy (non-hydrogen) atoms. The van der Waals surface area contributed by atoms with Gasteiger partial charge in [-0.15, -0.1) is 0 Å². The molecule has 0 atom stereocenters. The molecule has 0 saturated carbocycles. The summed E-state index contributed by atoms with van der Waals surface area (Å²) in [6.07, 6.45) is 0.696. The number of anilines is 1. The molecular weight excluding hydrogens is 364 g/mol. The van der Waals surface area contributed by atoms with E-state index in [4.69, 9.17) is 4.52 Å². The molecule has 3 aromatic rings. The highest BCUT2D eigenvalue weighted by Gasteiger charge is 2.28. The zero-order chi connectivity index (χ0) is 18.7. The van der Waals surface area contributed by atoms with E-state index in [1.807, 2.05) is 41.3 Å². The quantitative estimate of drug-likeness (QED) is 0.688. The Morgan fingerprint density at radius 1 is 0.852 bits per heavy atom. The van der Waals surface area contributed by atoms with Crippen molar-refractivity contribution in [3.05, 3.63) is 60.7 Å². The lowest BCUT2D eigenvalue weighted by atomic mass is 10.2. The van der Waals surface area contributed by atoms with Gasteiger partial charge >= 0.3 is 0 Å². The van der Waals surface area contributed by atoms with Gasteiger partial charge in [0.1, 0.15) is 0 Å². The predicted molar refractivity (Wildman–Crippen MR) is 102 cm³/mol. The molecule has 7 nitrogen and oxygen atoms in total. The molecule has 0 bridgehead atoms. The number of nitrogens with zero attached hydrogens (tertiary/aromatic N) is 4. The van der Waals surface area contributed by atoms with Crippen molar-refractivity contribution in [2.24, 2.45) is 0 Å². The van der Waals surface area contributed by atoms with Crippen molar-refractivity contribution in [2.75, 3.05) is 31.1 Å². The van der Waals surface area contributed by atoms with Crippen molar-refractivity contribution < 1.29 is 12.9 Å². The lowest BCUT2D eigenvalue weighted by Crippen LogP contribution is -2.35. The van der Waals surface area contributed by atoms with Gasteiger partial charge in [0.2, 0.25) is 10.0 Å². The lowest BCUT2D eigenvalue weighted by molar-refractivity contribution is 0.427. The van der Waals surface area contributed by atoms with Gasteiger partial charge in [0.05, 0.1) is 4.90 Å². The molecular formula is C19H20N4O3S. The molecule has 0 spiro atoms. The van der Waals surface area contributed by atoms with Crippen molar-refractivity contribution in [1.82, 2.24) is 14.4 Å². The number of hydrogen-bond acceptors (Lipinski definition) is 6. The van der Waals surface area contributed by atoms with Crippen LogP contribution in [0.15, 0.2) is 70.1 Å². The first kappa shape index (κ1) is 17.7. The summed E-state index contributed by atoms with van der Waals surface area (Å²) in [5.74, 6) is 0.955. The van der Waals surface area contributed by atoms with E-state index in [9.17, 15) is 8.42 Å². The standard InChI is InChI=1S/C19H20N4O3S/c24-27(25,17-10-5-2-6-11-17)23-13-7-12-22(14-15-23)19-20-18(26-21-19)16-8-3-1-4-9-16/h1-6,8-11H,7,12-15H2. The van der Waals surface area contributed by atoms with Crippen LogP contribution < -0.4 is 4.90 Å². The van der Waals surface area contributed by atoms with Crippen LogP contribution in [0.1, 0.15) is 6.42 Å². The highest BCUT2D eigenvalue weighted by atomic mass is 32.2. The van der Waals surface area contributed by atoms with Crippen LogP contribution in [0.5, 0.6) is 0 Å². The van der Waals surface area contributed by atoms with Crippen molar-refractivity contribution >= 4 is 16.0 Å². The van der Waals surface area contributed by atoms with E-state index in [-0.39, 0.29) is 0 Å². The second kappa shape index (κ2) is 7.50. The van der Waals surface area contributed by atoms with E-state index in [0.29, 0.717) is 49.3 Å². The average Bonchev–Trinajstić information content (AvgIpc) is 3.07. The molecule has 0 amide bonds. The molecule has 1 saturated heterocycles. The third kappa shape index (κ3) is 3.72. The summed E-state index contributed by atoms with van der Waals surface area (Å²) in [6.45, 7) is 2.04. The Morgan fingerprint density at radius 3 is 2.30 bits per heavy atom. The van der Waals surface area contributed by atoms with Crippen molar-refractivity contribution in [3.63, 3.8) is 0 Å². The lowest BCUT2D eigenvalue weighted by Gasteiger charge is -2.20. The van der Waals surface area contributed by atoms with Crippen LogP contribution in [-0.2, 0) is 10.0 Å². The minimum atomic E-state index is -3.49. The molecule has 8 heteroatoms. The molecule has 0 unspecified atom stereocenters. The SMILES string of the molecule is O=S(=O)(c1ccccc1)N1CCCN(c2noc(-c3ccccc3)n2)CC1. The summed E-state index contributed by atoms with van der Waals surface area (Å²) >= 11 is 0. The summed E-state index contributed by atoms with van der Waals surface area (Å²) in [4.78, 5) is 6.76. The van der Waals surface area contributed by atoms with Crippen LogP contribution in [-0.4, -0.2) is 49.0 Å². The molecule has 1 aliphatic heterocycles. The van der Waals surface area contributed by atoms with Gasteiger partial charge in [0, 0.05) is 31.7 Å². The smallest absolute Gasteiger partial charge is 0.266 e. The number of aromatic nitrogens is 2. The minimum absolute atomic E-state index is 0.323. The van der Waals surface area contributed by atoms with Crippen LogP contribution in [0.2, 0.25) is 0 Å². The first-order valence-corrected chi connectivity index (χ1v) is 10.3. The van der Waals surface area contributed by atoms with Crippen molar-refractivity contribution in [2.45, 2.75) is 11.3 Å². The molecule has 140 valence electrons. The van der Waals surface area contributed by atoms with Gasteiger partial charge in [-0.1, -0.05) is 36.4 Å². The van der Waals surface area contributed by atoms with Gasteiger partial charge in [0.15, 0.2) is 0 Å². The van der Waals surface area contributed by atoms with E-state index in [1.54, 1.807) is 24.3 Å². The summed E-state index contributed by atoms with van der Waals surface area (Å²) < 4.78 is 32.6. The third-order valence-corrected chi connectivity index (χ3v) is 6.47.